The Morgan fingerprint density at radius 1 is 1.31 bits per heavy atom. The molecule has 2 aromatic heterocycles. The van der Waals surface area contributed by atoms with Crippen molar-refractivity contribution in [3.63, 3.8) is 0 Å². The summed E-state index contributed by atoms with van der Waals surface area (Å²) in [7, 11) is 0. The van der Waals surface area contributed by atoms with Crippen LogP contribution in [-0.4, -0.2) is 25.1 Å². The van der Waals surface area contributed by atoms with Crippen LogP contribution in [0.3, 0.4) is 0 Å². The highest BCUT2D eigenvalue weighted by Gasteiger charge is 2.06. The third kappa shape index (κ3) is 1.18. The van der Waals surface area contributed by atoms with Gasteiger partial charge in [0.05, 0.1) is 12.1 Å². The second-order valence-corrected chi connectivity index (χ2v) is 3.79. The summed E-state index contributed by atoms with van der Waals surface area (Å²) < 4.78 is 1.70. The van der Waals surface area contributed by atoms with Crippen molar-refractivity contribution in [1.82, 2.24) is 20.0 Å². The van der Waals surface area contributed by atoms with E-state index in [1.54, 1.807) is 4.52 Å². The monoisotopic (exact) mass is 214 g/mol. The fourth-order valence-corrected chi connectivity index (χ4v) is 1.91. The number of aromatic nitrogens is 4. The molecular formula is C11H10N4O. The van der Waals surface area contributed by atoms with Crippen LogP contribution in [0.15, 0.2) is 24.3 Å². The van der Waals surface area contributed by atoms with E-state index in [1.807, 2.05) is 31.2 Å². The molecule has 5 heteroatoms. The van der Waals surface area contributed by atoms with Crippen LogP contribution in [0.25, 0.3) is 16.6 Å². The minimum absolute atomic E-state index is 0.0447. The van der Waals surface area contributed by atoms with Gasteiger partial charge in [0.25, 0.3) is 0 Å². The quantitative estimate of drug-likeness (QED) is 0.658. The van der Waals surface area contributed by atoms with Crippen molar-refractivity contribution in [2.24, 2.45) is 0 Å². The second kappa shape index (κ2) is 3.24. The molecule has 0 spiro atoms. The standard InChI is InChI=1S/C11H10N4O/c1-7-4-11-12-13-14-15(11)10-3-2-8(6-16)5-9(7)10/h2-5,16H,6H2,1H3. The van der Waals surface area contributed by atoms with Crippen LogP contribution in [0.1, 0.15) is 11.1 Å². The molecule has 2 heterocycles. The zero-order chi connectivity index (χ0) is 11.1. The van der Waals surface area contributed by atoms with Crippen LogP contribution in [0.2, 0.25) is 0 Å². The average Bonchev–Trinajstić information content (AvgIpc) is 2.77. The van der Waals surface area contributed by atoms with Crippen LogP contribution < -0.4 is 0 Å². The van der Waals surface area contributed by atoms with E-state index < -0.39 is 0 Å². The molecular weight excluding hydrogens is 204 g/mol. The van der Waals surface area contributed by atoms with E-state index in [1.165, 1.54) is 0 Å². The van der Waals surface area contributed by atoms with Crippen molar-refractivity contribution < 1.29 is 5.11 Å². The summed E-state index contributed by atoms with van der Waals surface area (Å²) in [5, 5.41) is 21.7. The van der Waals surface area contributed by atoms with E-state index >= 15 is 0 Å². The first-order valence-electron chi connectivity index (χ1n) is 5.01. The lowest BCUT2D eigenvalue weighted by Crippen LogP contribution is -1.94. The van der Waals surface area contributed by atoms with Crippen molar-refractivity contribution in [2.45, 2.75) is 13.5 Å². The van der Waals surface area contributed by atoms with Gasteiger partial charge in [-0.15, -0.1) is 5.10 Å². The number of rotatable bonds is 1. The van der Waals surface area contributed by atoms with Crippen molar-refractivity contribution >= 4 is 16.6 Å². The van der Waals surface area contributed by atoms with Gasteiger partial charge < -0.3 is 5.11 Å². The maximum absolute atomic E-state index is 9.11. The predicted octanol–water partition coefficient (Wildman–Crippen LogP) is 1.08. The lowest BCUT2D eigenvalue weighted by molar-refractivity contribution is 0.282. The average molecular weight is 214 g/mol. The number of nitrogens with zero attached hydrogens (tertiary/aromatic N) is 4. The van der Waals surface area contributed by atoms with Crippen LogP contribution >= 0.6 is 0 Å². The minimum atomic E-state index is 0.0447. The molecule has 1 N–H and O–H groups in total. The molecule has 0 atom stereocenters. The third-order valence-corrected chi connectivity index (χ3v) is 2.74. The number of aliphatic hydroxyl groups is 1. The normalized spacial score (nSPS) is 11.4. The van der Waals surface area contributed by atoms with E-state index in [0.717, 1.165) is 27.7 Å². The molecule has 0 unspecified atom stereocenters. The maximum Gasteiger partial charge on any atom is 0.180 e. The molecule has 1 aromatic carbocycles. The SMILES string of the molecule is Cc1cc2nnnn2c2ccc(CO)cc12. The Kier molecular flexibility index (Phi) is 1.87. The highest BCUT2D eigenvalue weighted by molar-refractivity contribution is 5.85. The Morgan fingerprint density at radius 2 is 2.19 bits per heavy atom. The molecule has 0 bridgehead atoms. The molecule has 0 fully saturated rings. The predicted molar refractivity (Wildman–Crippen MR) is 58.9 cm³/mol. The number of pyridine rings is 1. The third-order valence-electron chi connectivity index (χ3n) is 2.74. The number of aliphatic hydroxyl groups excluding tert-OH is 1. The van der Waals surface area contributed by atoms with Crippen molar-refractivity contribution in [3.8, 4) is 0 Å². The van der Waals surface area contributed by atoms with E-state index in [4.69, 9.17) is 5.11 Å². The summed E-state index contributed by atoms with van der Waals surface area (Å²) in [4.78, 5) is 0. The molecule has 0 saturated carbocycles. The molecule has 0 aliphatic rings. The summed E-state index contributed by atoms with van der Waals surface area (Å²) in [6, 6.07) is 7.70. The lowest BCUT2D eigenvalue weighted by Gasteiger charge is -2.05. The number of tetrazole rings is 1. The molecule has 3 rings (SSSR count). The first kappa shape index (κ1) is 9.23. The topological polar surface area (TPSA) is 63.3 Å². The first-order chi connectivity index (χ1) is 7.79. The first-order valence-corrected chi connectivity index (χ1v) is 5.01. The zero-order valence-corrected chi connectivity index (χ0v) is 8.75. The Bertz CT molecular complexity index is 674. The Labute approximate surface area is 91.3 Å². The van der Waals surface area contributed by atoms with Gasteiger partial charge in [0.2, 0.25) is 0 Å². The number of aryl methyl sites for hydroxylation is 1. The van der Waals surface area contributed by atoms with Gasteiger partial charge in [-0.1, -0.05) is 6.07 Å². The van der Waals surface area contributed by atoms with Crippen LogP contribution in [0.5, 0.6) is 0 Å². The van der Waals surface area contributed by atoms with Gasteiger partial charge in [-0.25, -0.2) is 0 Å². The van der Waals surface area contributed by atoms with Gasteiger partial charge in [-0.2, -0.15) is 4.52 Å². The summed E-state index contributed by atoms with van der Waals surface area (Å²) in [6.45, 7) is 2.06. The minimum Gasteiger partial charge on any atom is -0.392 e. The summed E-state index contributed by atoms with van der Waals surface area (Å²) in [5.74, 6) is 0. The van der Waals surface area contributed by atoms with Crippen LogP contribution in [0, 0.1) is 6.92 Å². The Morgan fingerprint density at radius 3 is 3.00 bits per heavy atom. The van der Waals surface area contributed by atoms with Gasteiger partial charge in [0, 0.05) is 5.39 Å². The molecule has 3 aromatic rings. The summed E-state index contributed by atoms with van der Waals surface area (Å²) in [6.07, 6.45) is 0. The molecule has 0 saturated heterocycles. The van der Waals surface area contributed by atoms with Gasteiger partial charge in [-0.05, 0) is 46.7 Å². The number of fused-ring (bicyclic) bond motifs is 3. The smallest absolute Gasteiger partial charge is 0.180 e. The maximum atomic E-state index is 9.11. The van der Waals surface area contributed by atoms with Crippen LogP contribution in [0.4, 0.5) is 0 Å². The van der Waals surface area contributed by atoms with E-state index in [9.17, 15) is 0 Å². The Hall–Kier alpha value is -2.01. The molecule has 16 heavy (non-hydrogen) atoms. The molecule has 0 aliphatic heterocycles. The van der Waals surface area contributed by atoms with Gasteiger partial charge in [-0.3, -0.25) is 0 Å². The largest absolute Gasteiger partial charge is 0.392 e. The molecule has 0 radical (unpaired) electrons. The van der Waals surface area contributed by atoms with E-state index in [-0.39, 0.29) is 6.61 Å². The van der Waals surface area contributed by atoms with Crippen LogP contribution in [-0.2, 0) is 6.61 Å². The number of benzene rings is 1. The van der Waals surface area contributed by atoms with E-state index in [0.29, 0.717) is 0 Å². The summed E-state index contributed by atoms with van der Waals surface area (Å²) in [5.41, 5.74) is 3.69. The zero-order valence-electron chi connectivity index (χ0n) is 8.75. The van der Waals surface area contributed by atoms with Crippen molar-refractivity contribution in [3.05, 3.63) is 35.4 Å². The number of hydrogen-bond donors (Lipinski definition) is 1. The van der Waals surface area contributed by atoms with Gasteiger partial charge in [0.15, 0.2) is 5.65 Å². The molecule has 80 valence electrons. The van der Waals surface area contributed by atoms with Crippen molar-refractivity contribution in [1.29, 1.82) is 0 Å². The van der Waals surface area contributed by atoms with Gasteiger partial charge in [0.1, 0.15) is 0 Å². The van der Waals surface area contributed by atoms with Gasteiger partial charge >= 0.3 is 0 Å². The highest BCUT2D eigenvalue weighted by atomic mass is 16.3. The van der Waals surface area contributed by atoms with E-state index in [2.05, 4.69) is 15.5 Å². The fourth-order valence-electron chi connectivity index (χ4n) is 1.91. The Balaban J connectivity index is 2.49. The van der Waals surface area contributed by atoms with Crippen molar-refractivity contribution in [2.75, 3.05) is 0 Å². The second-order valence-electron chi connectivity index (χ2n) is 3.79. The number of hydrogen-bond acceptors (Lipinski definition) is 4. The molecule has 0 aliphatic carbocycles. The summed E-state index contributed by atoms with van der Waals surface area (Å²) >= 11 is 0. The molecule has 5 nitrogen and oxygen atoms in total. The molecule has 0 amide bonds. The lowest BCUT2D eigenvalue weighted by atomic mass is 10.1. The fraction of sp³-hybridized carbons (Fsp3) is 0.182. The highest BCUT2D eigenvalue weighted by Crippen LogP contribution is 2.21.